The van der Waals surface area contributed by atoms with Gasteiger partial charge in [-0.2, -0.15) is 0 Å². The molecule has 6 heteroatoms. The summed E-state index contributed by atoms with van der Waals surface area (Å²) in [7, 11) is 0. The van der Waals surface area contributed by atoms with Gasteiger partial charge >= 0.3 is 6.03 Å². The second-order valence-corrected chi connectivity index (χ2v) is 6.12. The molecule has 0 radical (unpaired) electrons. The van der Waals surface area contributed by atoms with Crippen molar-refractivity contribution in [2.45, 2.75) is 12.8 Å². The summed E-state index contributed by atoms with van der Waals surface area (Å²) in [5.41, 5.74) is 8.30. The number of urea groups is 1. The first-order valence-electron chi connectivity index (χ1n) is 8.45. The van der Waals surface area contributed by atoms with Crippen molar-refractivity contribution in [3.05, 3.63) is 66.6 Å². The molecule has 3 heterocycles. The van der Waals surface area contributed by atoms with Gasteiger partial charge < -0.3 is 10.5 Å². The number of aryl methyl sites for hydroxylation is 1. The van der Waals surface area contributed by atoms with E-state index in [9.17, 15) is 4.79 Å². The van der Waals surface area contributed by atoms with Crippen molar-refractivity contribution in [3.63, 3.8) is 0 Å². The number of pyridine rings is 2. The van der Waals surface area contributed by atoms with Crippen molar-refractivity contribution in [2.75, 3.05) is 11.4 Å². The molecule has 0 aliphatic carbocycles. The number of hydrogen-bond acceptors (Lipinski definition) is 4. The van der Waals surface area contributed by atoms with Gasteiger partial charge in [0.15, 0.2) is 0 Å². The van der Waals surface area contributed by atoms with E-state index in [1.165, 1.54) is 4.90 Å². The van der Waals surface area contributed by atoms with Crippen LogP contribution in [0.5, 0.6) is 11.5 Å². The van der Waals surface area contributed by atoms with Crippen LogP contribution in [0.2, 0.25) is 0 Å². The molecule has 2 amide bonds. The van der Waals surface area contributed by atoms with Crippen LogP contribution < -0.4 is 15.4 Å². The summed E-state index contributed by atoms with van der Waals surface area (Å²) in [6, 6.07) is 13.1. The van der Waals surface area contributed by atoms with Crippen LogP contribution in [-0.2, 0) is 6.42 Å². The van der Waals surface area contributed by atoms with Gasteiger partial charge in [0.25, 0.3) is 0 Å². The number of nitrogens with zero attached hydrogens (tertiary/aromatic N) is 3. The van der Waals surface area contributed by atoms with E-state index in [0.717, 1.165) is 35.3 Å². The minimum atomic E-state index is -0.467. The third-order valence-electron chi connectivity index (χ3n) is 4.32. The van der Waals surface area contributed by atoms with Gasteiger partial charge in [0, 0.05) is 30.1 Å². The summed E-state index contributed by atoms with van der Waals surface area (Å²) in [4.78, 5) is 21.8. The van der Waals surface area contributed by atoms with E-state index < -0.39 is 6.03 Å². The molecule has 1 aromatic carbocycles. The lowest BCUT2D eigenvalue weighted by Gasteiger charge is -2.26. The quantitative estimate of drug-likeness (QED) is 0.783. The molecule has 1 aliphatic heterocycles. The molecule has 3 aromatic rings. The topological polar surface area (TPSA) is 81.3 Å². The maximum atomic E-state index is 11.6. The van der Waals surface area contributed by atoms with Crippen LogP contribution in [0.1, 0.15) is 12.0 Å². The highest BCUT2D eigenvalue weighted by molar-refractivity contribution is 5.91. The normalized spacial score (nSPS) is 13.2. The molecule has 0 saturated carbocycles. The summed E-state index contributed by atoms with van der Waals surface area (Å²) in [6.45, 7) is 0.608. The van der Waals surface area contributed by atoms with Gasteiger partial charge in [0.2, 0.25) is 0 Å². The maximum Gasteiger partial charge on any atom is 0.320 e. The van der Waals surface area contributed by atoms with Crippen molar-refractivity contribution in [3.8, 4) is 22.6 Å². The van der Waals surface area contributed by atoms with Gasteiger partial charge in [-0.15, -0.1) is 0 Å². The van der Waals surface area contributed by atoms with Gasteiger partial charge in [-0.25, -0.2) is 9.78 Å². The van der Waals surface area contributed by atoms with Gasteiger partial charge in [0.05, 0.1) is 6.20 Å². The van der Waals surface area contributed by atoms with Crippen LogP contribution in [0, 0.1) is 0 Å². The first kappa shape index (κ1) is 16.1. The molecule has 4 rings (SSSR count). The summed E-state index contributed by atoms with van der Waals surface area (Å²) in [6.07, 6.45) is 6.93. The Hall–Kier alpha value is -3.41. The van der Waals surface area contributed by atoms with Crippen molar-refractivity contribution in [2.24, 2.45) is 5.73 Å². The predicted octanol–water partition coefficient (Wildman–Crippen LogP) is 3.77. The Morgan fingerprint density at radius 3 is 2.65 bits per heavy atom. The number of ether oxygens (including phenoxy) is 1. The average Bonchev–Trinajstić information content (AvgIpc) is 2.68. The Bertz CT molecular complexity index is 944. The second-order valence-electron chi connectivity index (χ2n) is 6.12. The lowest BCUT2D eigenvalue weighted by Crippen LogP contribution is -2.40. The number of aromatic nitrogens is 2. The zero-order chi connectivity index (χ0) is 17.9. The lowest BCUT2D eigenvalue weighted by atomic mass is 10.0. The van der Waals surface area contributed by atoms with E-state index in [-0.39, 0.29) is 0 Å². The summed E-state index contributed by atoms with van der Waals surface area (Å²) < 4.78 is 5.85. The first-order valence-corrected chi connectivity index (χ1v) is 8.45. The molecule has 0 atom stereocenters. The zero-order valence-electron chi connectivity index (χ0n) is 14.1. The number of anilines is 1. The van der Waals surface area contributed by atoms with E-state index >= 15 is 0 Å². The standard InChI is InChI=1S/C20H18N4O2/c21-20(25)24-8-4-5-14-9-15(12-23-19(14)24)16-10-18(13-22-11-16)26-17-6-2-1-3-7-17/h1-3,6-7,9-13H,4-5,8H2,(H2,21,25). The molecule has 130 valence electrons. The largest absolute Gasteiger partial charge is 0.456 e. The molecule has 2 N–H and O–H groups in total. The predicted molar refractivity (Wildman–Crippen MR) is 99.2 cm³/mol. The molecule has 1 aliphatic rings. The fraction of sp³-hybridized carbons (Fsp3) is 0.150. The number of carbonyl (C=O) groups excluding carboxylic acids is 1. The van der Waals surface area contributed by atoms with Gasteiger partial charge in [-0.1, -0.05) is 18.2 Å². The van der Waals surface area contributed by atoms with Crippen LogP contribution in [0.3, 0.4) is 0 Å². The smallest absolute Gasteiger partial charge is 0.320 e. The minimum Gasteiger partial charge on any atom is -0.456 e. The van der Waals surface area contributed by atoms with E-state index in [1.54, 1.807) is 18.6 Å². The fourth-order valence-electron chi connectivity index (χ4n) is 3.09. The molecule has 0 fully saturated rings. The molecular formula is C20H18N4O2. The van der Waals surface area contributed by atoms with Crippen LogP contribution in [-0.4, -0.2) is 22.5 Å². The van der Waals surface area contributed by atoms with Crippen molar-refractivity contribution in [1.82, 2.24) is 9.97 Å². The Labute approximate surface area is 151 Å². The Kier molecular flexibility index (Phi) is 4.23. The van der Waals surface area contributed by atoms with Crippen molar-refractivity contribution >= 4 is 11.8 Å². The summed E-state index contributed by atoms with van der Waals surface area (Å²) in [5.74, 6) is 2.06. The molecule has 2 aromatic heterocycles. The molecule has 6 nitrogen and oxygen atoms in total. The molecule has 0 saturated heterocycles. The highest BCUT2D eigenvalue weighted by Gasteiger charge is 2.22. The molecule has 0 unspecified atom stereocenters. The maximum absolute atomic E-state index is 11.6. The molecule has 0 spiro atoms. The van der Waals surface area contributed by atoms with Gasteiger partial charge in [-0.3, -0.25) is 9.88 Å². The summed E-state index contributed by atoms with van der Waals surface area (Å²) in [5, 5.41) is 0. The number of nitrogens with two attached hydrogens (primary N) is 1. The second kappa shape index (κ2) is 6.84. The SMILES string of the molecule is NC(=O)N1CCCc2cc(-c3cncc(Oc4ccccc4)c3)cnc21. The van der Waals surface area contributed by atoms with Crippen LogP contribution in [0.4, 0.5) is 10.6 Å². The third kappa shape index (κ3) is 3.21. The fourth-order valence-corrected chi connectivity index (χ4v) is 3.09. The number of hydrogen-bond donors (Lipinski definition) is 1. The highest BCUT2D eigenvalue weighted by Crippen LogP contribution is 2.31. The summed E-state index contributed by atoms with van der Waals surface area (Å²) >= 11 is 0. The first-order chi connectivity index (χ1) is 12.7. The Morgan fingerprint density at radius 2 is 1.85 bits per heavy atom. The monoisotopic (exact) mass is 346 g/mol. The van der Waals surface area contributed by atoms with Crippen molar-refractivity contribution < 1.29 is 9.53 Å². The van der Waals surface area contributed by atoms with Crippen LogP contribution in [0.25, 0.3) is 11.1 Å². The Balaban J connectivity index is 1.64. The minimum absolute atomic E-state index is 0.467. The molecular weight excluding hydrogens is 328 g/mol. The van der Waals surface area contributed by atoms with E-state index in [0.29, 0.717) is 18.1 Å². The number of primary amides is 1. The average molecular weight is 346 g/mol. The number of para-hydroxylation sites is 1. The van der Waals surface area contributed by atoms with Crippen LogP contribution >= 0.6 is 0 Å². The van der Waals surface area contributed by atoms with E-state index in [2.05, 4.69) is 9.97 Å². The number of carbonyl (C=O) groups is 1. The van der Waals surface area contributed by atoms with Gasteiger partial charge in [0.1, 0.15) is 17.3 Å². The lowest BCUT2D eigenvalue weighted by molar-refractivity contribution is 0.253. The number of fused-ring (bicyclic) bond motifs is 1. The zero-order valence-corrected chi connectivity index (χ0v) is 14.1. The van der Waals surface area contributed by atoms with Crippen LogP contribution in [0.15, 0.2) is 61.1 Å². The number of amides is 2. The van der Waals surface area contributed by atoms with Gasteiger partial charge in [-0.05, 0) is 42.7 Å². The molecule has 0 bridgehead atoms. The molecule has 26 heavy (non-hydrogen) atoms. The third-order valence-corrected chi connectivity index (χ3v) is 4.32. The van der Waals surface area contributed by atoms with E-state index in [1.807, 2.05) is 42.5 Å². The van der Waals surface area contributed by atoms with Crippen molar-refractivity contribution in [1.29, 1.82) is 0 Å². The van der Waals surface area contributed by atoms with E-state index in [4.69, 9.17) is 10.5 Å². The number of rotatable bonds is 3. The number of benzene rings is 1. The Morgan fingerprint density at radius 1 is 1.04 bits per heavy atom. The highest BCUT2D eigenvalue weighted by atomic mass is 16.5.